The lowest BCUT2D eigenvalue weighted by molar-refractivity contribution is -0.0355. The number of aliphatic hydroxyl groups excluding tert-OH is 1. The molecule has 0 spiro atoms. The topological polar surface area (TPSA) is 90.4 Å². The van der Waals surface area contributed by atoms with E-state index in [4.69, 9.17) is 15.6 Å². The Balaban J connectivity index is 2.30. The Hall–Kier alpha value is -1.47. The number of alkyl halides is 1. The van der Waals surface area contributed by atoms with E-state index in [9.17, 15) is 9.18 Å². The van der Waals surface area contributed by atoms with Crippen molar-refractivity contribution < 1.29 is 14.2 Å². The van der Waals surface area contributed by atoms with Gasteiger partial charge in [0.05, 0.1) is 6.61 Å². The van der Waals surface area contributed by atoms with E-state index < -0.39 is 30.8 Å². The molecule has 2 heterocycles. The van der Waals surface area contributed by atoms with Crippen molar-refractivity contribution in [3.8, 4) is 0 Å². The number of aliphatic hydroxyl groups is 1. The second kappa shape index (κ2) is 4.42. The Kier molecular flexibility index (Phi) is 3.12. The summed E-state index contributed by atoms with van der Waals surface area (Å²) < 4.78 is 19.8. The summed E-state index contributed by atoms with van der Waals surface area (Å²) in [7, 11) is 0. The van der Waals surface area contributed by atoms with Gasteiger partial charge in [0, 0.05) is 18.2 Å². The van der Waals surface area contributed by atoms with Gasteiger partial charge in [0.1, 0.15) is 24.3 Å². The molecular weight excluding hydrogens is 229 g/mol. The van der Waals surface area contributed by atoms with E-state index in [2.05, 4.69) is 4.98 Å². The van der Waals surface area contributed by atoms with Gasteiger partial charge < -0.3 is 15.6 Å². The van der Waals surface area contributed by atoms with Gasteiger partial charge in [0.2, 0.25) is 0 Å². The Morgan fingerprint density at radius 2 is 2.47 bits per heavy atom. The van der Waals surface area contributed by atoms with Crippen LogP contribution in [0.3, 0.4) is 0 Å². The van der Waals surface area contributed by atoms with E-state index in [1.54, 1.807) is 6.92 Å². The molecule has 0 aliphatic carbocycles. The molecule has 94 valence electrons. The maximum absolute atomic E-state index is 13.4. The van der Waals surface area contributed by atoms with Crippen LogP contribution in [0.15, 0.2) is 11.0 Å². The van der Waals surface area contributed by atoms with Crippen LogP contribution in [0.25, 0.3) is 0 Å². The third-order valence-corrected chi connectivity index (χ3v) is 2.83. The number of ether oxygens (including phenoxy) is 1. The highest BCUT2D eigenvalue weighted by atomic mass is 19.1. The molecular formula is C10H14FN3O3. The number of nitrogens with zero attached hydrogens (tertiary/aromatic N) is 2. The first kappa shape index (κ1) is 12.0. The zero-order valence-electron chi connectivity index (χ0n) is 9.34. The predicted octanol–water partition coefficient (Wildman–Crippen LogP) is -0.248. The maximum Gasteiger partial charge on any atom is 0.351 e. The monoisotopic (exact) mass is 243 g/mol. The summed E-state index contributed by atoms with van der Waals surface area (Å²) in [6, 6.07) is 0. The zero-order chi connectivity index (χ0) is 12.6. The zero-order valence-corrected chi connectivity index (χ0v) is 9.34. The number of hydrogen-bond acceptors (Lipinski definition) is 5. The highest BCUT2D eigenvalue weighted by molar-refractivity contribution is 5.35. The minimum atomic E-state index is -1.28. The molecule has 0 aromatic carbocycles. The molecule has 0 bridgehead atoms. The van der Waals surface area contributed by atoms with Crippen molar-refractivity contribution in [3.63, 3.8) is 0 Å². The van der Waals surface area contributed by atoms with Crippen LogP contribution in [0.2, 0.25) is 0 Å². The SMILES string of the molecule is Cc1cn([C@@H]2C[C@@H](F)[C@H](CO)O2)c(=O)nc1N. The molecule has 0 amide bonds. The van der Waals surface area contributed by atoms with Crippen molar-refractivity contribution in [1.82, 2.24) is 9.55 Å². The number of nitrogen functional groups attached to an aromatic ring is 1. The van der Waals surface area contributed by atoms with Gasteiger partial charge in [0.25, 0.3) is 0 Å². The van der Waals surface area contributed by atoms with Crippen molar-refractivity contribution in [2.75, 3.05) is 12.3 Å². The molecule has 0 radical (unpaired) electrons. The molecule has 1 aromatic rings. The number of aryl methyl sites for hydroxylation is 1. The lowest BCUT2D eigenvalue weighted by Gasteiger charge is -2.15. The fourth-order valence-corrected chi connectivity index (χ4v) is 1.81. The molecule has 3 atom stereocenters. The van der Waals surface area contributed by atoms with Crippen molar-refractivity contribution in [1.29, 1.82) is 0 Å². The number of halogens is 1. The Labute approximate surface area is 96.8 Å². The summed E-state index contributed by atoms with van der Waals surface area (Å²) in [4.78, 5) is 15.2. The van der Waals surface area contributed by atoms with Gasteiger partial charge in [-0.05, 0) is 6.92 Å². The molecule has 1 aliphatic heterocycles. The second-order valence-corrected chi connectivity index (χ2v) is 4.06. The van der Waals surface area contributed by atoms with Gasteiger partial charge in [-0.1, -0.05) is 0 Å². The summed E-state index contributed by atoms with van der Waals surface area (Å²) in [5, 5.41) is 8.88. The summed E-state index contributed by atoms with van der Waals surface area (Å²) in [6.45, 7) is 1.29. The normalized spacial score (nSPS) is 28.5. The van der Waals surface area contributed by atoms with Crippen LogP contribution in [0.5, 0.6) is 0 Å². The standard InChI is InChI=1S/C10H14FN3O3/c1-5-3-14(10(16)13-9(5)12)8-2-6(11)7(4-15)17-8/h3,6-8,15H,2,4H2,1H3,(H2,12,13,16)/t6-,7+,8+/m1/s1. The predicted molar refractivity (Wildman–Crippen MR) is 58.2 cm³/mol. The van der Waals surface area contributed by atoms with Crippen LogP contribution in [0, 0.1) is 6.92 Å². The van der Waals surface area contributed by atoms with Crippen LogP contribution in [0.4, 0.5) is 10.2 Å². The van der Waals surface area contributed by atoms with Crippen LogP contribution in [-0.4, -0.2) is 33.5 Å². The molecule has 17 heavy (non-hydrogen) atoms. The Morgan fingerprint density at radius 3 is 3.06 bits per heavy atom. The quantitative estimate of drug-likeness (QED) is 0.747. The first-order valence-corrected chi connectivity index (χ1v) is 5.28. The van der Waals surface area contributed by atoms with Gasteiger partial charge in [-0.15, -0.1) is 0 Å². The molecule has 0 unspecified atom stereocenters. The molecule has 1 aliphatic rings. The van der Waals surface area contributed by atoms with Gasteiger partial charge in [-0.2, -0.15) is 4.98 Å². The highest BCUT2D eigenvalue weighted by Gasteiger charge is 2.36. The smallest absolute Gasteiger partial charge is 0.351 e. The van der Waals surface area contributed by atoms with Crippen LogP contribution < -0.4 is 11.4 Å². The largest absolute Gasteiger partial charge is 0.394 e. The summed E-state index contributed by atoms with van der Waals surface area (Å²) >= 11 is 0. The van der Waals surface area contributed by atoms with E-state index >= 15 is 0 Å². The first-order valence-electron chi connectivity index (χ1n) is 5.28. The van der Waals surface area contributed by atoms with Gasteiger partial charge in [-0.25, -0.2) is 9.18 Å². The van der Waals surface area contributed by atoms with E-state index in [1.807, 2.05) is 0 Å². The van der Waals surface area contributed by atoms with Gasteiger partial charge in [0.15, 0.2) is 0 Å². The number of aromatic nitrogens is 2. The minimum absolute atomic E-state index is 0.0240. The van der Waals surface area contributed by atoms with Crippen molar-refractivity contribution in [2.24, 2.45) is 0 Å². The van der Waals surface area contributed by atoms with Gasteiger partial charge in [-0.3, -0.25) is 4.57 Å². The number of nitrogens with two attached hydrogens (primary N) is 1. The fourth-order valence-electron chi connectivity index (χ4n) is 1.81. The molecule has 1 fully saturated rings. The fraction of sp³-hybridized carbons (Fsp3) is 0.600. The van der Waals surface area contributed by atoms with Crippen LogP contribution in [-0.2, 0) is 4.74 Å². The average molecular weight is 243 g/mol. The third-order valence-electron chi connectivity index (χ3n) is 2.83. The summed E-state index contributed by atoms with van der Waals surface area (Å²) in [6.07, 6.45) is -1.39. The Morgan fingerprint density at radius 1 is 1.76 bits per heavy atom. The van der Waals surface area contributed by atoms with Crippen molar-refractivity contribution in [3.05, 3.63) is 22.2 Å². The summed E-state index contributed by atoms with van der Waals surface area (Å²) in [5.74, 6) is 0.153. The molecule has 7 heteroatoms. The summed E-state index contributed by atoms with van der Waals surface area (Å²) in [5.41, 5.74) is 5.53. The molecule has 0 saturated carbocycles. The number of rotatable bonds is 2. The number of anilines is 1. The lowest BCUT2D eigenvalue weighted by atomic mass is 10.2. The molecule has 6 nitrogen and oxygen atoms in total. The highest BCUT2D eigenvalue weighted by Crippen LogP contribution is 2.29. The minimum Gasteiger partial charge on any atom is -0.394 e. The third kappa shape index (κ3) is 2.16. The van der Waals surface area contributed by atoms with Crippen molar-refractivity contribution in [2.45, 2.75) is 31.8 Å². The average Bonchev–Trinajstić information content (AvgIpc) is 2.65. The van der Waals surface area contributed by atoms with E-state index in [0.29, 0.717) is 5.56 Å². The van der Waals surface area contributed by atoms with E-state index in [1.165, 1.54) is 10.8 Å². The van der Waals surface area contributed by atoms with E-state index in [0.717, 1.165) is 0 Å². The lowest BCUT2D eigenvalue weighted by Crippen LogP contribution is -2.28. The second-order valence-electron chi connectivity index (χ2n) is 4.06. The molecule has 1 aromatic heterocycles. The van der Waals surface area contributed by atoms with Gasteiger partial charge >= 0.3 is 5.69 Å². The number of hydrogen-bond donors (Lipinski definition) is 2. The van der Waals surface area contributed by atoms with Crippen LogP contribution >= 0.6 is 0 Å². The van der Waals surface area contributed by atoms with E-state index in [-0.39, 0.29) is 12.2 Å². The molecule has 3 N–H and O–H groups in total. The molecule has 2 rings (SSSR count). The first-order chi connectivity index (χ1) is 8.02. The van der Waals surface area contributed by atoms with Crippen LogP contribution in [0.1, 0.15) is 18.2 Å². The van der Waals surface area contributed by atoms with Crippen molar-refractivity contribution >= 4 is 5.82 Å². The molecule has 1 saturated heterocycles. The Bertz CT molecular complexity index is 476. The maximum atomic E-state index is 13.4.